The van der Waals surface area contributed by atoms with Gasteiger partial charge < -0.3 is 9.09 Å². The predicted octanol–water partition coefficient (Wildman–Crippen LogP) is 4.48. The normalized spacial score (nSPS) is 12.6. The van der Waals surface area contributed by atoms with Gasteiger partial charge in [0.05, 0.1) is 11.0 Å². The number of aromatic nitrogens is 5. The summed E-state index contributed by atoms with van der Waals surface area (Å²) in [5, 5.41) is 4.02. The second kappa shape index (κ2) is 6.91. The summed E-state index contributed by atoms with van der Waals surface area (Å²) in [6, 6.07) is 13.5. The molecule has 0 aliphatic heterocycles. The summed E-state index contributed by atoms with van der Waals surface area (Å²) in [5.74, 6) is 0.0881. The molecule has 1 unspecified atom stereocenters. The Bertz CT molecular complexity index is 1430. The second-order valence-electron chi connectivity index (χ2n) is 7.16. The molecule has 0 fully saturated rings. The van der Waals surface area contributed by atoms with Crippen LogP contribution >= 0.6 is 0 Å². The molecule has 150 valence electrons. The number of benzene rings is 2. The lowest BCUT2D eigenvalue weighted by atomic mass is 10.2. The highest BCUT2D eigenvalue weighted by molar-refractivity contribution is 5.83. The summed E-state index contributed by atoms with van der Waals surface area (Å²) >= 11 is 0. The Balaban J connectivity index is 1.75. The van der Waals surface area contributed by atoms with Gasteiger partial charge >= 0.3 is 0 Å². The molecule has 7 nitrogen and oxygen atoms in total. The third-order valence-corrected chi connectivity index (χ3v) is 5.35. The van der Waals surface area contributed by atoms with E-state index in [1.54, 1.807) is 27.4 Å². The lowest BCUT2D eigenvalue weighted by Gasteiger charge is -2.17. The fourth-order valence-corrected chi connectivity index (χ4v) is 3.64. The van der Waals surface area contributed by atoms with E-state index in [-0.39, 0.29) is 29.1 Å². The second-order valence-corrected chi connectivity index (χ2v) is 7.16. The number of rotatable bonds is 4. The van der Waals surface area contributed by atoms with E-state index in [9.17, 15) is 9.18 Å². The highest BCUT2D eigenvalue weighted by Gasteiger charge is 2.22. The first-order valence-electron chi connectivity index (χ1n) is 9.68. The third kappa shape index (κ3) is 2.72. The molecule has 3 aromatic heterocycles. The standard InChI is InChI=1S/C22H18FN5O2/c1-3-13(2)28-17-7-5-4-6-16(17)27-12-24-18(19(27)22(28)29)20-25-21(30-26-20)14-8-10-15(23)11-9-14/h4-13H,3H2,1-2H3. The van der Waals surface area contributed by atoms with Crippen molar-refractivity contribution < 1.29 is 8.91 Å². The van der Waals surface area contributed by atoms with Crippen molar-refractivity contribution in [2.24, 2.45) is 0 Å². The molecular formula is C22H18FN5O2. The van der Waals surface area contributed by atoms with E-state index in [4.69, 9.17) is 4.52 Å². The van der Waals surface area contributed by atoms with Crippen molar-refractivity contribution in [2.75, 3.05) is 0 Å². The summed E-state index contributed by atoms with van der Waals surface area (Å²) in [6.45, 7) is 4.06. The number of fused-ring (bicyclic) bond motifs is 3. The Labute approximate surface area is 170 Å². The number of halogens is 1. The van der Waals surface area contributed by atoms with Crippen LogP contribution in [0.1, 0.15) is 26.3 Å². The largest absolute Gasteiger partial charge is 0.334 e. The van der Waals surface area contributed by atoms with Crippen LogP contribution < -0.4 is 5.56 Å². The fraction of sp³-hybridized carbons (Fsp3) is 0.182. The zero-order valence-corrected chi connectivity index (χ0v) is 16.4. The molecule has 5 aromatic rings. The predicted molar refractivity (Wildman–Crippen MR) is 111 cm³/mol. The van der Waals surface area contributed by atoms with Gasteiger partial charge in [-0.05, 0) is 49.7 Å². The third-order valence-electron chi connectivity index (χ3n) is 5.35. The van der Waals surface area contributed by atoms with Crippen molar-refractivity contribution >= 4 is 16.6 Å². The Kier molecular flexibility index (Phi) is 4.20. The van der Waals surface area contributed by atoms with Crippen molar-refractivity contribution in [2.45, 2.75) is 26.3 Å². The number of hydrogen-bond donors (Lipinski definition) is 0. The molecular weight excluding hydrogens is 385 g/mol. The molecule has 0 spiro atoms. The van der Waals surface area contributed by atoms with Gasteiger partial charge in [-0.1, -0.05) is 24.2 Å². The van der Waals surface area contributed by atoms with Crippen molar-refractivity contribution in [1.82, 2.24) is 24.1 Å². The summed E-state index contributed by atoms with van der Waals surface area (Å²) < 4.78 is 22.1. The molecule has 0 saturated heterocycles. The average Bonchev–Trinajstić information content (AvgIpc) is 3.42. The Morgan fingerprint density at radius 3 is 2.57 bits per heavy atom. The van der Waals surface area contributed by atoms with E-state index in [1.165, 1.54) is 12.1 Å². The van der Waals surface area contributed by atoms with Crippen LogP contribution in [0.15, 0.2) is 64.2 Å². The van der Waals surface area contributed by atoms with E-state index in [0.717, 1.165) is 17.5 Å². The fourth-order valence-electron chi connectivity index (χ4n) is 3.64. The molecule has 0 aliphatic carbocycles. The van der Waals surface area contributed by atoms with Gasteiger partial charge in [0.15, 0.2) is 0 Å². The van der Waals surface area contributed by atoms with Crippen molar-refractivity contribution in [3.8, 4) is 23.0 Å². The van der Waals surface area contributed by atoms with Crippen LogP contribution in [0.3, 0.4) is 0 Å². The van der Waals surface area contributed by atoms with Gasteiger partial charge in [-0.2, -0.15) is 4.98 Å². The molecule has 30 heavy (non-hydrogen) atoms. The highest BCUT2D eigenvalue weighted by Crippen LogP contribution is 2.26. The van der Waals surface area contributed by atoms with Gasteiger partial charge in [0.2, 0.25) is 5.82 Å². The molecule has 5 rings (SSSR count). The molecule has 0 amide bonds. The minimum absolute atomic E-state index is 0.00944. The molecule has 0 saturated carbocycles. The molecule has 8 heteroatoms. The van der Waals surface area contributed by atoms with Crippen LogP contribution in [0.5, 0.6) is 0 Å². The summed E-state index contributed by atoms with van der Waals surface area (Å²) in [6.07, 6.45) is 2.41. The van der Waals surface area contributed by atoms with Crippen LogP contribution in [0, 0.1) is 5.82 Å². The first-order chi connectivity index (χ1) is 14.6. The number of imidazole rings is 1. The Morgan fingerprint density at radius 1 is 1.10 bits per heavy atom. The van der Waals surface area contributed by atoms with Crippen molar-refractivity contribution in [3.63, 3.8) is 0 Å². The molecule has 0 radical (unpaired) electrons. The highest BCUT2D eigenvalue weighted by atomic mass is 19.1. The Morgan fingerprint density at radius 2 is 1.83 bits per heavy atom. The van der Waals surface area contributed by atoms with Crippen LogP contribution in [-0.2, 0) is 0 Å². The van der Waals surface area contributed by atoms with Crippen LogP contribution in [-0.4, -0.2) is 24.1 Å². The van der Waals surface area contributed by atoms with E-state index >= 15 is 0 Å². The summed E-state index contributed by atoms with van der Waals surface area (Å²) in [7, 11) is 0. The summed E-state index contributed by atoms with van der Waals surface area (Å²) in [5.41, 5.74) is 2.87. The van der Waals surface area contributed by atoms with E-state index in [2.05, 4.69) is 15.1 Å². The maximum absolute atomic E-state index is 13.5. The topological polar surface area (TPSA) is 78.2 Å². The van der Waals surface area contributed by atoms with Crippen LogP contribution in [0.2, 0.25) is 0 Å². The number of nitrogens with zero attached hydrogens (tertiary/aromatic N) is 5. The maximum atomic E-state index is 13.5. The van der Waals surface area contributed by atoms with Gasteiger partial charge in [0, 0.05) is 11.6 Å². The smallest absolute Gasteiger partial charge is 0.278 e. The van der Waals surface area contributed by atoms with Crippen LogP contribution in [0.4, 0.5) is 4.39 Å². The average molecular weight is 403 g/mol. The van der Waals surface area contributed by atoms with E-state index in [0.29, 0.717) is 16.8 Å². The number of para-hydroxylation sites is 2. The number of hydrogen-bond acceptors (Lipinski definition) is 5. The lowest BCUT2D eigenvalue weighted by molar-refractivity contribution is 0.432. The molecule has 0 bridgehead atoms. The van der Waals surface area contributed by atoms with Crippen LogP contribution in [0.25, 0.3) is 39.5 Å². The monoisotopic (exact) mass is 403 g/mol. The molecule has 3 heterocycles. The minimum atomic E-state index is -0.351. The molecule has 1 atom stereocenters. The molecule has 2 aromatic carbocycles. The quantitative estimate of drug-likeness (QED) is 0.442. The van der Waals surface area contributed by atoms with Gasteiger partial charge in [-0.15, -0.1) is 0 Å². The van der Waals surface area contributed by atoms with E-state index < -0.39 is 0 Å². The molecule has 0 aliphatic rings. The van der Waals surface area contributed by atoms with E-state index in [1.807, 2.05) is 38.1 Å². The first-order valence-corrected chi connectivity index (χ1v) is 9.68. The molecule has 0 N–H and O–H groups in total. The van der Waals surface area contributed by atoms with Gasteiger partial charge in [0.1, 0.15) is 23.4 Å². The summed E-state index contributed by atoms with van der Waals surface area (Å²) in [4.78, 5) is 22.3. The van der Waals surface area contributed by atoms with Crippen molar-refractivity contribution in [1.29, 1.82) is 0 Å². The first kappa shape index (κ1) is 18.2. The van der Waals surface area contributed by atoms with Gasteiger partial charge in [0.25, 0.3) is 11.4 Å². The SMILES string of the molecule is CCC(C)n1c(=O)c2c(-c3noc(-c4ccc(F)cc4)n3)ncn2c2ccccc21. The lowest BCUT2D eigenvalue weighted by Crippen LogP contribution is -2.25. The zero-order valence-electron chi connectivity index (χ0n) is 16.4. The maximum Gasteiger partial charge on any atom is 0.278 e. The minimum Gasteiger partial charge on any atom is -0.334 e. The van der Waals surface area contributed by atoms with Gasteiger partial charge in [-0.3, -0.25) is 9.20 Å². The van der Waals surface area contributed by atoms with Crippen molar-refractivity contribution in [3.05, 3.63) is 71.0 Å². The van der Waals surface area contributed by atoms with Gasteiger partial charge in [-0.25, -0.2) is 9.37 Å². The zero-order chi connectivity index (χ0) is 20.8. The Hall–Kier alpha value is -3.81.